The maximum absolute atomic E-state index is 11.6. The summed E-state index contributed by atoms with van der Waals surface area (Å²) in [5.74, 6) is 0.0960. The lowest BCUT2D eigenvalue weighted by Crippen LogP contribution is -2.21. The Hall–Kier alpha value is -2.18. The molecule has 0 aliphatic rings. The maximum atomic E-state index is 11.6. The summed E-state index contributed by atoms with van der Waals surface area (Å²) >= 11 is 0. The Labute approximate surface area is 280 Å². The SMILES string of the molecule is CCCCCCCCCCCCc1ccc(Oc2ccc(S(=O)(=O)O)cc2S(=O)(=O)O)cc1.OCCNCCO.OCCNCCO. The van der Waals surface area contributed by atoms with Crippen LogP contribution in [0.15, 0.2) is 52.3 Å². The molecular weight excluding hydrogens is 652 g/mol. The van der Waals surface area contributed by atoms with E-state index in [1.54, 1.807) is 12.1 Å². The third-order valence-corrected chi connectivity index (χ3v) is 8.34. The zero-order chi connectivity index (χ0) is 35.4. The largest absolute Gasteiger partial charge is 0.456 e. The van der Waals surface area contributed by atoms with Crippen molar-refractivity contribution in [1.82, 2.24) is 10.6 Å². The number of aliphatic hydroxyl groups is 4. The minimum absolute atomic E-state index is 0.139. The van der Waals surface area contributed by atoms with Gasteiger partial charge in [-0.2, -0.15) is 16.8 Å². The monoisotopic (exact) mass is 708 g/mol. The topological polar surface area (TPSA) is 223 Å². The smallest absolute Gasteiger partial charge is 0.298 e. The molecule has 15 heteroatoms. The van der Waals surface area contributed by atoms with Gasteiger partial charge >= 0.3 is 0 Å². The molecule has 0 saturated carbocycles. The fourth-order valence-corrected chi connectivity index (χ4v) is 5.39. The van der Waals surface area contributed by atoms with E-state index in [1.165, 1.54) is 57.8 Å². The van der Waals surface area contributed by atoms with Gasteiger partial charge in [0.25, 0.3) is 20.2 Å². The van der Waals surface area contributed by atoms with Crippen molar-refractivity contribution in [2.24, 2.45) is 0 Å². The van der Waals surface area contributed by atoms with Crippen LogP contribution in [0.3, 0.4) is 0 Å². The van der Waals surface area contributed by atoms with Gasteiger partial charge in [-0.3, -0.25) is 9.11 Å². The molecule has 8 N–H and O–H groups in total. The van der Waals surface area contributed by atoms with Gasteiger partial charge in [0.2, 0.25) is 0 Å². The van der Waals surface area contributed by atoms with Crippen LogP contribution in [0.1, 0.15) is 76.7 Å². The van der Waals surface area contributed by atoms with Crippen LogP contribution in [-0.2, 0) is 26.7 Å². The third-order valence-electron chi connectivity index (χ3n) is 6.62. The molecule has 0 aliphatic heterocycles. The van der Waals surface area contributed by atoms with Crippen molar-refractivity contribution >= 4 is 20.2 Å². The predicted octanol–water partition coefficient (Wildman–Crippen LogP) is 3.56. The number of aliphatic hydroxyl groups excluding tert-OH is 4. The van der Waals surface area contributed by atoms with Crippen LogP contribution in [-0.4, -0.2) is 99.0 Å². The number of rotatable bonds is 23. The third kappa shape index (κ3) is 23.7. The molecule has 2 aromatic rings. The maximum Gasteiger partial charge on any atom is 0.298 e. The van der Waals surface area contributed by atoms with Crippen molar-refractivity contribution in [3.63, 3.8) is 0 Å². The normalized spacial score (nSPS) is 11.3. The lowest BCUT2D eigenvalue weighted by Gasteiger charge is -2.11. The molecule has 47 heavy (non-hydrogen) atoms. The minimum Gasteiger partial charge on any atom is -0.456 e. The molecule has 0 aromatic heterocycles. The summed E-state index contributed by atoms with van der Waals surface area (Å²) in [6.07, 6.45) is 13.7. The number of nitrogens with one attached hydrogen (secondary N) is 2. The fourth-order valence-electron chi connectivity index (χ4n) is 4.17. The lowest BCUT2D eigenvalue weighted by atomic mass is 10.0. The molecule has 0 spiro atoms. The highest BCUT2D eigenvalue weighted by molar-refractivity contribution is 7.86. The van der Waals surface area contributed by atoms with Gasteiger partial charge in [0.1, 0.15) is 16.4 Å². The van der Waals surface area contributed by atoms with Gasteiger partial charge in [0.05, 0.1) is 31.3 Å². The van der Waals surface area contributed by atoms with E-state index in [2.05, 4.69) is 17.6 Å². The highest BCUT2D eigenvalue weighted by atomic mass is 32.2. The highest BCUT2D eigenvalue weighted by Crippen LogP contribution is 2.31. The van der Waals surface area contributed by atoms with Gasteiger partial charge in [0.15, 0.2) is 0 Å². The first-order chi connectivity index (χ1) is 22.4. The molecule has 0 aliphatic carbocycles. The van der Waals surface area contributed by atoms with E-state index in [4.69, 9.17) is 29.7 Å². The summed E-state index contributed by atoms with van der Waals surface area (Å²) in [5.41, 5.74) is 1.14. The van der Waals surface area contributed by atoms with Crippen LogP contribution in [0.5, 0.6) is 11.5 Å². The number of hydrogen-bond acceptors (Lipinski definition) is 11. The van der Waals surface area contributed by atoms with E-state index in [9.17, 15) is 21.4 Å². The zero-order valence-electron chi connectivity index (χ0n) is 27.5. The van der Waals surface area contributed by atoms with Crippen LogP contribution in [0.4, 0.5) is 0 Å². The first kappa shape index (κ1) is 44.8. The number of aryl methyl sites for hydroxylation is 1. The van der Waals surface area contributed by atoms with E-state index in [1.807, 2.05) is 12.1 Å². The minimum atomic E-state index is -4.77. The van der Waals surface area contributed by atoms with Crippen molar-refractivity contribution in [1.29, 1.82) is 0 Å². The average molecular weight is 709 g/mol. The highest BCUT2D eigenvalue weighted by Gasteiger charge is 2.22. The summed E-state index contributed by atoms with van der Waals surface area (Å²) in [5, 5.41) is 38.2. The van der Waals surface area contributed by atoms with E-state index < -0.39 is 30.0 Å². The van der Waals surface area contributed by atoms with Gasteiger partial charge < -0.3 is 35.8 Å². The van der Waals surface area contributed by atoms with Crippen molar-refractivity contribution in [2.75, 3.05) is 52.6 Å². The second-order valence-electron chi connectivity index (χ2n) is 10.6. The summed E-state index contributed by atoms with van der Waals surface area (Å²) < 4.78 is 69.9. The second-order valence-corrected chi connectivity index (χ2v) is 13.4. The van der Waals surface area contributed by atoms with Crippen LogP contribution in [0, 0.1) is 0 Å². The van der Waals surface area contributed by atoms with Crippen molar-refractivity contribution < 1.29 is 51.1 Å². The predicted molar refractivity (Wildman–Crippen MR) is 182 cm³/mol. The first-order valence-corrected chi connectivity index (χ1v) is 19.0. The Kier molecular flexibility index (Phi) is 26.5. The van der Waals surface area contributed by atoms with Gasteiger partial charge in [-0.25, -0.2) is 0 Å². The summed E-state index contributed by atoms with van der Waals surface area (Å²) in [6, 6.07) is 9.89. The van der Waals surface area contributed by atoms with E-state index in [-0.39, 0.29) is 32.2 Å². The Morgan fingerprint density at radius 3 is 1.45 bits per heavy atom. The molecule has 2 aromatic carbocycles. The van der Waals surface area contributed by atoms with E-state index in [0.717, 1.165) is 30.5 Å². The molecule has 0 saturated heterocycles. The van der Waals surface area contributed by atoms with Crippen LogP contribution in [0.25, 0.3) is 0 Å². The molecule has 0 heterocycles. The quantitative estimate of drug-likeness (QED) is 0.0612. The molecule has 0 unspecified atom stereocenters. The van der Waals surface area contributed by atoms with Gasteiger partial charge in [-0.05, 0) is 48.7 Å². The lowest BCUT2D eigenvalue weighted by molar-refractivity contribution is 0.266. The molecule has 13 nitrogen and oxygen atoms in total. The molecule has 0 fully saturated rings. The Morgan fingerprint density at radius 1 is 0.596 bits per heavy atom. The van der Waals surface area contributed by atoms with E-state index >= 15 is 0 Å². The van der Waals surface area contributed by atoms with Crippen LogP contribution >= 0.6 is 0 Å². The second kappa shape index (κ2) is 27.7. The first-order valence-electron chi connectivity index (χ1n) is 16.1. The van der Waals surface area contributed by atoms with Crippen molar-refractivity contribution in [2.45, 2.75) is 87.3 Å². The van der Waals surface area contributed by atoms with E-state index in [0.29, 0.717) is 38.0 Å². The van der Waals surface area contributed by atoms with Gasteiger partial charge in [-0.15, -0.1) is 0 Å². The standard InChI is InChI=1S/C24H34O7S2.2C4H11NO2/c1-2-3-4-5-6-7-8-9-10-11-12-20-13-15-21(16-14-20)31-23-18-17-22(32(25,26)27)19-24(23)33(28,29)30;2*6-3-1-5-2-4-7/h13-19H,2-12H2,1H3,(H,25,26,27)(H,28,29,30);2*5-7H,1-4H2. The zero-order valence-corrected chi connectivity index (χ0v) is 29.2. The molecule has 2 rings (SSSR count). The molecule has 0 amide bonds. The van der Waals surface area contributed by atoms with Crippen molar-refractivity contribution in [3.05, 3.63) is 48.0 Å². The van der Waals surface area contributed by atoms with Crippen molar-refractivity contribution in [3.8, 4) is 11.5 Å². The average Bonchev–Trinajstić information content (AvgIpc) is 3.03. The molecule has 0 radical (unpaired) electrons. The summed E-state index contributed by atoms with van der Waals surface area (Å²) in [6.45, 7) is 5.07. The number of ether oxygens (including phenoxy) is 1. The van der Waals surface area contributed by atoms with Crippen LogP contribution in [0.2, 0.25) is 0 Å². The van der Waals surface area contributed by atoms with Gasteiger partial charge in [-0.1, -0.05) is 76.8 Å². The number of benzene rings is 2. The molecular formula is C32H56N2O11S2. The Bertz CT molecular complexity index is 1240. The fraction of sp³-hybridized carbons (Fsp3) is 0.625. The molecule has 0 bridgehead atoms. The molecule has 272 valence electrons. The number of unbranched alkanes of at least 4 members (excludes halogenated alkanes) is 9. The van der Waals surface area contributed by atoms with Gasteiger partial charge in [0, 0.05) is 26.2 Å². The summed E-state index contributed by atoms with van der Waals surface area (Å²) in [7, 11) is -9.41. The summed E-state index contributed by atoms with van der Waals surface area (Å²) in [4.78, 5) is -1.40. The Morgan fingerprint density at radius 2 is 1.04 bits per heavy atom. The molecule has 0 atom stereocenters. The van der Waals surface area contributed by atoms with Crippen LogP contribution < -0.4 is 15.4 Å². The number of hydrogen-bond donors (Lipinski definition) is 8. The Balaban J connectivity index is 0.00000126.